The van der Waals surface area contributed by atoms with Crippen LogP contribution in [0.25, 0.3) is 0 Å². The maximum Gasteiger partial charge on any atom is 0.0333 e. The van der Waals surface area contributed by atoms with Crippen LogP contribution in [0.5, 0.6) is 0 Å². The van der Waals surface area contributed by atoms with Gasteiger partial charge in [-0.1, -0.05) is 51.2 Å². The Hall–Kier alpha value is -0.300. The normalized spacial score (nSPS) is 25.5. The van der Waals surface area contributed by atoms with Crippen molar-refractivity contribution >= 4 is 0 Å². The van der Waals surface area contributed by atoms with Crippen molar-refractivity contribution in [2.75, 3.05) is 6.54 Å². The minimum Gasteiger partial charge on any atom is -0.310 e. The topological polar surface area (TPSA) is 12.0 Å². The summed E-state index contributed by atoms with van der Waals surface area (Å²) in [5.74, 6) is 0. The highest BCUT2D eigenvalue weighted by Crippen LogP contribution is 2.44. The molecule has 2 aliphatic carbocycles. The second kappa shape index (κ2) is 7.47. The van der Waals surface area contributed by atoms with E-state index in [0.29, 0.717) is 11.5 Å². The molecule has 0 amide bonds. The fraction of sp³-hybridized carbons (Fsp3) is 0.889. The van der Waals surface area contributed by atoms with Crippen LogP contribution in [0.4, 0.5) is 0 Å². The third-order valence-corrected chi connectivity index (χ3v) is 5.24. The number of nitrogens with one attached hydrogen (secondary N) is 1. The van der Waals surface area contributed by atoms with Gasteiger partial charge in [0.1, 0.15) is 0 Å². The summed E-state index contributed by atoms with van der Waals surface area (Å²) < 4.78 is 0. The van der Waals surface area contributed by atoms with E-state index in [9.17, 15) is 0 Å². The predicted molar refractivity (Wildman–Crippen MR) is 84.4 cm³/mol. The maximum atomic E-state index is 3.90. The zero-order valence-electron chi connectivity index (χ0n) is 13.1. The molecule has 0 aromatic heterocycles. The number of hydrogen-bond acceptors (Lipinski definition) is 1. The Morgan fingerprint density at radius 3 is 2.58 bits per heavy atom. The molecule has 0 aromatic carbocycles. The predicted octanol–water partition coefficient (Wildman–Crippen LogP) is 5.22. The highest BCUT2D eigenvalue weighted by atomic mass is 14.9. The molecule has 0 bridgehead atoms. The lowest BCUT2D eigenvalue weighted by Gasteiger charge is -2.37. The van der Waals surface area contributed by atoms with E-state index in [0.717, 1.165) is 0 Å². The standard InChI is InChI=1S/C18H33N/c1-3-15-19-17(18(2)13-9-10-14-18)16-11-7-5-4-6-8-12-16/h11,17,19H,3-10,12-15H2,1-2H3. The average molecular weight is 263 g/mol. The molecule has 110 valence electrons. The molecular weight excluding hydrogens is 230 g/mol. The van der Waals surface area contributed by atoms with Gasteiger partial charge in [-0.3, -0.25) is 0 Å². The Labute approximate surface area is 120 Å². The first kappa shape index (κ1) is 15.1. The molecule has 19 heavy (non-hydrogen) atoms. The minimum atomic E-state index is 0.528. The monoisotopic (exact) mass is 263 g/mol. The van der Waals surface area contributed by atoms with Gasteiger partial charge in [-0.25, -0.2) is 0 Å². The molecule has 0 spiro atoms. The smallest absolute Gasteiger partial charge is 0.0333 e. The van der Waals surface area contributed by atoms with Crippen molar-refractivity contribution in [3.05, 3.63) is 11.6 Å². The van der Waals surface area contributed by atoms with Crippen molar-refractivity contribution in [3.8, 4) is 0 Å². The van der Waals surface area contributed by atoms with Crippen LogP contribution in [-0.4, -0.2) is 12.6 Å². The lowest BCUT2D eigenvalue weighted by Crippen LogP contribution is -2.44. The van der Waals surface area contributed by atoms with E-state index >= 15 is 0 Å². The van der Waals surface area contributed by atoms with Crippen LogP contribution in [0.2, 0.25) is 0 Å². The quantitative estimate of drug-likeness (QED) is 0.671. The lowest BCUT2D eigenvalue weighted by atomic mass is 9.75. The average Bonchev–Trinajstić information content (AvgIpc) is 2.79. The Balaban J connectivity index is 2.10. The Bertz CT molecular complexity index is 286. The van der Waals surface area contributed by atoms with Crippen molar-refractivity contribution in [3.63, 3.8) is 0 Å². The van der Waals surface area contributed by atoms with Gasteiger partial charge in [-0.05, 0) is 56.9 Å². The van der Waals surface area contributed by atoms with Gasteiger partial charge in [-0.15, -0.1) is 0 Å². The molecule has 1 unspecified atom stereocenters. The summed E-state index contributed by atoms with van der Waals surface area (Å²) in [6, 6.07) is 0.660. The molecule has 1 saturated carbocycles. The second-order valence-corrected chi connectivity index (χ2v) is 6.98. The van der Waals surface area contributed by atoms with Gasteiger partial charge in [0, 0.05) is 6.04 Å². The van der Waals surface area contributed by atoms with Crippen LogP contribution in [0.3, 0.4) is 0 Å². The van der Waals surface area contributed by atoms with E-state index in [4.69, 9.17) is 0 Å². The molecule has 1 heteroatoms. The largest absolute Gasteiger partial charge is 0.310 e. The van der Waals surface area contributed by atoms with Crippen molar-refractivity contribution < 1.29 is 0 Å². The van der Waals surface area contributed by atoms with Gasteiger partial charge in [0.15, 0.2) is 0 Å². The summed E-state index contributed by atoms with van der Waals surface area (Å²) in [4.78, 5) is 0. The SMILES string of the molecule is CCCNC(C1=CCCCCCC1)C1(C)CCCC1. The molecule has 0 heterocycles. The van der Waals surface area contributed by atoms with Crippen LogP contribution in [0.15, 0.2) is 11.6 Å². The summed E-state index contributed by atoms with van der Waals surface area (Å²) in [5.41, 5.74) is 2.28. The molecule has 0 saturated heterocycles. The van der Waals surface area contributed by atoms with Crippen molar-refractivity contribution in [1.29, 1.82) is 0 Å². The molecule has 0 aromatic rings. The van der Waals surface area contributed by atoms with E-state index in [1.807, 2.05) is 0 Å². The van der Waals surface area contributed by atoms with E-state index in [-0.39, 0.29) is 0 Å². The number of hydrogen-bond donors (Lipinski definition) is 1. The minimum absolute atomic E-state index is 0.528. The summed E-state index contributed by atoms with van der Waals surface area (Å²) in [6.45, 7) is 6.00. The van der Waals surface area contributed by atoms with Gasteiger partial charge in [0.05, 0.1) is 0 Å². The summed E-state index contributed by atoms with van der Waals surface area (Å²) >= 11 is 0. The molecule has 1 nitrogen and oxygen atoms in total. The highest BCUT2D eigenvalue weighted by molar-refractivity contribution is 5.17. The second-order valence-electron chi connectivity index (χ2n) is 6.98. The fourth-order valence-electron chi connectivity index (χ4n) is 4.06. The molecule has 1 fully saturated rings. The lowest BCUT2D eigenvalue weighted by molar-refractivity contribution is 0.244. The first-order valence-corrected chi connectivity index (χ1v) is 8.68. The van der Waals surface area contributed by atoms with Gasteiger partial charge >= 0.3 is 0 Å². The van der Waals surface area contributed by atoms with Crippen LogP contribution in [0, 0.1) is 5.41 Å². The molecule has 1 atom stereocenters. The van der Waals surface area contributed by atoms with Gasteiger partial charge in [-0.2, -0.15) is 0 Å². The van der Waals surface area contributed by atoms with Crippen molar-refractivity contribution in [2.24, 2.45) is 5.41 Å². The number of rotatable bonds is 5. The van der Waals surface area contributed by atoms with Gasteiger partial charge in [0.25, 0.3) is 0 Å². The van der Waals surface area contributed by atoms with E-state index in [1.165, 1.54) is 77.2 Å². The Morgan fingerprint density at radius 1 is 1.11 bits per heavy atom. The zero-order chi connectivity index (χ0) is 13.6. The third-order valence-electron chi connectivity index (χ3n) is 5.24. The molecule has 0 aliphatic heterocycles. The van der Waals surface area contributed by atoms with Crippen LogP contribution in [0.1, 0.15) is 84.5 Å². The van der Waals surface area contributed by atoms with Crippen LogP contribution in [-0.2, 0) is 0 Å². The summed E-state index contributed by atoms with van der Waals surface area (Å²) in [6.07, 6.45) is 17.9. The molecule has 0 radical (unpaired) electrons. The van der Waals surface area contributed by atoms with Crippen LogP contribution < -0.4 is 5.32 Å². The molecular formula is C18H33N. The van der Waals surface area contributed by atoms with E-state index < -0.39 is 0 Å². The Morgan fingerprint density at radius 2 is 1.84 bits per heavy atom. The number of allylic oxidation sites excluding steroid dienone is 1. The molecule has 2 aliphatic rings. The summed E-state index contributed by atoms with van der Waals surface area (Å²) in [5, 5.41) is 3.90. The maximum absolute atomic E-state index is 3.90. The van der Waals surface area contributed by atoms with E-state index in [2.05, 4.69) is 25.2 Å². The Kier molecular flexibility index (Phi) is 5.94. The van der Waals surface area contributed by atoms with Crippen molar-refractivity contribution in [1.82, 2.24) is 5.32 Å². The first-order chi connectivity index (χ1) is 9.26. The first-order valence-electron chi connectivity index (χ1n) is 8.68. The van der Waals surface area contributed by atoms with E-state index in [1.54, 1.807) is 5.57 Å². The van der Waals surface area contributed by atoms with Crippen molar-refractivity contribution in [2.45, 2.75) is 90.5 Å². The zero-order valence-corrected chi connectivity index (χ0v) is 13.1. The van der Waals surface area contributed by atoms with Crippen LogP contribution >= 0.6 is 0 Å². The highest BCUT2D eigenvalue weighted by Gasteiger charge is 2.38. The molecule has 2 rings (SSSR count). The summed E-state index contributed by atoms with van der Waals surface area (Å²) in [7, 11) is 0. The van der Waals surface area contributed by atoms with Gasteiger partial charge < -0.3 is 5.32 Å². The third kappa shape index (κ3) is 4.08. The molecule has 1 N–H and O–H groups in total. The van der Waals surface area contributed by atoms with Gasteiger partial charge in [0.2, 0.25) is 0 Å². The fourth-order valence-corrected chi connectivity index (χ4v) is 4.06.